The van der Waals surface area contributed by atoms with Gasteiger partial charge in [-0.25, -0.2) is 4.98 Å². The molecule has 0 bridgehead atoms. The number of hydrazone groups is 1. The number of fused-ring (bicyclic) bond motifs is 1. The third-order valence-electron chi connectivity index (χ3n) is 4.68. The Morgan fingerprint density at radius 2 is 2.11 bits per heavy atom. The van der Waals surface area contributed by atoms with Gasteiger partial charge in [0.2, 0.25) is 0 Å². The van der Waals surface area contributed by atoms with Gasteiger partial charge in [-0.1, -0.05) is 17.7 Å². The lowest BCUT2D eigenvalue weighted by atomic mass is 9.88. The molecule has 0 radical (unpaired) electrons. The van der Waals surface area contributed by atoms with Crippen molar-refractivity contribution >= 4 is 40.6 Å². The van der Waals surface area contributed by atoms with Crippen LogP contribution in [-0.4, -0.2) is 28.7 Å². The zero-order chi connectivity index (χ0) is 19.8. The summed E-state index contributed by atoms with van der Waals surface area (Å²) in [6, 6.07) is 6.81. The van der Waals surface area contributed by atoms with Crippen molar-refractivity contribution in [2.75, 3.05) is 17.4 Å². The topological polar surface area (TPSA) is 83.7 Å². The number of nitrogens with one attached hydrogen (secondary N) is 1. The molecule has 140 valence electrons. The van der Waals surface area contributed by atoms with Crippen molar-refractivity contribution in [2.24, 2.45) is 5.10 Å². The van der Waals surface area contributed by atoms with Gasteiger partial charge in [-0.2, -0.15) is 5.10 Å². The fourth-order valence-electron chi connectivity index (χ4n) is 3.01. The average Bonchev–Trinajstić information content (AvgIpc) is 2.61. The highest BCUT2D eigenvalue weighted by Gasteiger charge is 2.29. The maximum absolute atomic E-state index is 10.6. The van der Waals surface area contributed by atoms with Crippen molar-refractivity contribution in [3.63, 3.8) is 0 Å². The molecule has 0 saturated heterocycles. The highest BCUT2D eigenvalue weighted by molar-refractivity contribution is 6.33. The molecule has 7 nitrogen and oxygen atoms in total. The molecule has 2 aromatic rings. The summed E-state index contributed by atoms with van der Waals surface area (Å²) in [7, 11) is 2.05. The van der Waals surface area contributed by atoms with Crippen LogP contribution in [0.2, 0.25) is 5.02 Å². The van der Waals surface area contributed by atoms with E-state index in [2.05, 4.69) is 47.3 Å². The van der Waals surface area contributed by atoms with E-state index < -0.39 is 4.92 Å². The van der Waals surface area contributed by atoms with E-state index in [1.165, 1.54) is 23.9 Å². The second-order valence-corrected chi connectivity index (χ2v) is 7.37. The van der Waals surface area contributed by atoms with Crippen LogP contribution in [0.15, 0.2) is 41.6 Å². The Morgan fingerprint density at radius 1 is 1.37 bits per heavy atom. The molecule has 0 aliphatic carbocycles. The van der Waals surface area contributed by atoms with Crippen LogP contribution in [0.5, 0.6) is 0 Å². The summed E-state index contributed by atoms with van der Waals surface area (Å²) in [5, 5.41) is 15.4. The van der Waals surface area contributed by atoms with E-state index in [0.717, 1.165) is 16.8 Å². The second kappa shape index (κ2) is 7.00. The standard InChI is InChI=1S/C19H20ClN5O2/c1-12-9-19(2,3)24(4)17-8-16(20)13(7-15(12)17)10-22-23-18-6-5-14(11-21-18)25(26)27/h5-11H,1-4H3,(H,21,23)/b22-10+. The normalized spacial score (nSPS) is 15.4. The van der Waals surface area contributed by atoms with Crippen LogP contribution in [0.4, 0.5) is 17.2 Å². The Morgan fingerprint density at radius 3 is 2.74 bits per heavy atom. The molecule has 0 amide bonds. The molecule has 0 spiro atoms. The number of hydrogen-bond acceptors (Lipinski definition) is 6. The minimum absolute atomic E-state index is 0.0726. The van der Waals surface area contributed by atoms with Crippen LogP contribution in [0.3, 0.4) is 0 Å². The summed E-state index contributed by atoms with van der Waals surface area (Å²) in [5.41, 5.74) is 6.73. The molecule has 3 rings (SSSR count). The van der Waals surface area contributed by atoms with E-state index in [-0.39, 0.29) is 11.2 Å². The molecule has 1 N–H and O–H groups in total. The number of allylic oxidation sites excluding steroid dienone is 1. The summed E-state index contributed by atoms with van der Waals surface area (Å²) in [6.45, 7) is 6.40. The van der Waals surface area contributed by atoms with E-state index in [1.807, 2.05) is 19.2 Å². The predicted octanol–water partition coefficient (Wildman–Crippen LogP) is 4.72. The minimum atomic E-state index is -0.499. The number of hydrogen-bond donors (Lipinski definition) is 1. The number of likely N-dealkylation sites (N-methyl/N-ethyl adjacent to an activating group) is 1. The van der Waals surface area contributed by atoms with Crippen molar-refractivity contribution in [1.29, 1.82) is 0 Å². The summed E-state index contributed by atoms with van der Waals surface area (Å²) in [5.74, 6) is 0.406. The maximum Gasteiger partial charge on any atom is 0.287 e. The van der Waals surface area contributed by atoms with Crippen LogP contribution in [-0.2, 0) is 0 Å². The molecular weight excluding hydrogens is 366 g/mol. The highest BCUT2D eigenvalue weighted by atomic mass is 35.5. The SMILES string of the molecule is CC1=CC(C)(C)N(C)c2cc(Cl)c(/C=N/Nc3ccc([N+](=O)[O-])cn3)cc21. The molecule has 2 heterocycles. The Bertz CT molecular complexity index is 951. The quantitative estimate of drug-likeness (QED) is 0.467. The van der Waals surface area contributed by atoms with E-state index >= 15 is 0 Å². The van der Waals surface area contributed by atoms with E-state index in [0.29, 0.717) is 10.8 Å². The second-order valence-electron chi connectivity index (χ2n) is 6.96. The minimum Gasteiger partial charge on any atom is -0.365 e. The largest absolute Gasteiger partial charge is 0.365 e. The van der Waals surface area contributed by atoms with Crippen LogP contribution in [0, 0.1) is 10.1 Å². The number of aromatic nitrogens is 1. The predicted molar refractivity (Wildman–Crippen MR) is 110 cm³/mol. The third-order valence-corrected chi connectivity index (χ3v) is 5.00. The number of benzene rings is 1. The lowest BCUT2D eigenvalue weighted by Crippen LogP contribution is -2.42. The number of anilines is 2. The first kappa shape index (κ1) is 18.8. The molecular formula is C19H20ClN5O2. The number of nitro groups is 1. The van der Waals surface area contributed by atoms with Gasteiger partial charge in [-0.15, -0.1) is 0 Å². The Kier molecular flexibility index (Phi) is 4.89. The number of rotatable bonds is 4. The molecule has 0 atom stereocenters. The van der Waals surface area contributed by atoms with Gasteiger partial charge in [0.15, 0.2) is 0 Å². The van der Waals surface area contributed by atoms with Crippen molar-refractivity contribution in [3.8, 4) is 0 Å². The summed E-state index contributed by atoms with van der Waals surface area (Å²) in [4.78, 5) is 16.3. The summed E-state index contributed by atoms with van der Waals surface area (Å²) < 4.78 is 0. The lowest BCUT2D eigenvalue weighted by Gasteiger charge is -2.40. The first-order valence-corrected chi connectivity index (χ1v) is 8.73. The van der Waals surface area contributed by atoms with Crippen LogP contribution >= 0.6 is 11.6 Å². The third kappa shape index (κ3) is 3.78. The first-order valence-electron chi connectivity index (χ1n) is 8.36. The molecule has 1 aliphatic rings. The van der Waals surface area contributed by atoms with Gasteiger partial charge in [0.05, 0.1) is 21.7 Å². The maximum atomic E-state index is 10.6. The molecule has 0 unspecified atom stereocenters. The highest BCUT2D eigenvalue weighted by Crippen LogP contribution is 2.40. The van der Waals surface area contributed by atoms with Gasteiger partial charge in [-0.3, -0.25) is 15.5 Å². The van der Waals surface area contributed by atoms with Crippen molar-refractivity contribution in [2.45, 2.75) is 26.3 Å². The van der Waals surface area contributed by atoms with Gasteiger partial charge in [-0.05, 0) is 44.5 Å². The molecule has 1 aromatic heterocycles. The van der Waals surface area contributed by atoms with Gasteiger partial charge < -0.3 is 4.90 Å². The van der Waals surface area contributed by atoms with Crippen LogP contribution < -0.4 is 10.3 Å². The van der Waals surface area contributed by atoms with Crippen molar-refractivity contribution < 1.29 is 4.92 Å². The monoisotopic (exact) mass is 385 g/mol. The van der Waals surface area contributed by atoms with Crippen LogP contribution in [0.25, 0.3) is 5.57 Å². The lowest BCUT2D eigenvalue weighted by molar-refractivity contribution is -0.385. The number of nitrogens with zero attached hydrogens (tertiary/aromatic N) is 4. The smallest absolute Gasteiger partial charge is 0.287 e. The van der Waals surface area contributed by atoms with Gasteiger partial charge >= 0.3 is 0 Å². The Balaban J connectivity index is 1.83. The summed E-state index contributed by atoms with van der Waals surface area (Å²) >= 11 is 6.45. The van der Waals surface area contributed by atoms with Gasteiger partial charge in [0.25, 0.3) is 5.69 Å². The van der Waals surface area contributed by atoms with E-state index in [4.69, 9.17) is 11.6 Å². The molecule has 1 aliphatic heterocycles. The molecule has 0 saturated carbocycles. The number of halogens is 1. The zero-order valence-corrected chi connectivity index (χ0v) is 16.3. The Hall–Kier alpha value is -2.93. The van der Waals surface area contributed by atoms with Crippen molar-refractivity contribution in [3.05, 3.63) is 62.8 Å². The van der Waals surface area contributed by atoms with Gasteiger partial charge in [0, 0.05) is 29.9 Å². The van der Waals surface area contributed by atoms with Crippen molar-refractivity contribution in [1.82, 2.24) is 4.98 Å². The van der Waals surface area contributed by atoms with Gasteiger partial charge in [0.1, 0.15) is 12.0 Å². The fourth-order valence-corrected chi connectivity index (χ4v) is 3.22. The fraction of sp³-hybridized carbons (Fsp3) is 0.263. The average molecular weight is 386 g/mol. The number of pyridine rings is 1. The zero-order valence-electron chi connectivity index (χ0n) is 15.5. The molecule has 8 heteroatoms. The van der Waals surface area contributed by atoms with E-state index in [9.17, 15) is 10.1 Å². The first-order chi connectivity index (χ1) is 12.7. The molecule has 0 fully saturated rings. The van der Waals surface area contributed by atoms with Crippen LogP contribution in [0.1, 0.15) is 31.9 Å². The van der Waals surface area contributed by atoms with E-state index in [1.54, 1.807) is 6.21 Å². The molecule has 27 heavy (non-hydrogen) atoms. The molecule has 1 aromatic carbocycles. The summed E-state index contributed by atoms with van der Waals surface area (Å²) in [6.07, 6.45) is 5.01. The Labute approximate surface area is 162 Å².